The summed E-state index contributed by atoms with van der Waals surface area (Å²) in [6.07, 6.45) is 2.08. The van der Waals surface area contributed by atoms with E-state index in [2.05, 4.69) is 89.4 Å². The molecule has 142 valence electrons. The fourth-order valence-electron chi connectivity index (χ4n) is 4.34. The third-order valence-corrected chi connectivity index (χ3v) is 12.0. The van der Waals surface area contributed by atoms with E-state index in [1.165, 1.54) is 0 Å². The van der Waals surface area contributed by atoms with Gasteiger partial charge in [0, 0.05) is 11.3 Å². The molecule has 0 aliphatic rings. The Morgan fingerprint density at radius 2 is 1.33 bits per heavy atom. The molecule has 27 heavy (non-hydrogen) atoms. The van der Waals surface area contributed by atoms with Crippen LogP contribution < -0.4 is 5.73 Å². The molecule has 2 aromatic rings. The number of benzene rings is 2. The topological polar surface area (TPSA) is 26.0 Å². The minimum absolute atomic E-state index is 0.625. The lowest BCUT2D eigenvalue weighted by atomic mass is 9.96. The number of hydrogen-bond donors (Lipinski definition) is 1. The second-order valence-corrected chi connectivity index (χ2v) is 13.8. The zero-order valence-electron chi connectivity index (χ0n) is 17.6. The van der Waals surface area contributed by atoms with Crippen LogP contribution in [0.15, 0.2) is 60.7 Å². The minimum atomic E-state index is -1.75. The zero-order chi connectivity index (χ0) is 20.0. The highest BCUT2D eigenvalue weighted by Crippen LogP contribution is 2.40. The van der Waals surface area contributed by atoms with E-state index >= 15 is 0 Å². The van der Waals surface area contributed by atoms with Gasteiger partial charge in [0.15, 0.2) is 0 Å². The van der Waals surface area contributed by atoms with Crippen LogP contribution in [0.25, 0.3) is 5.57 Å². The van der Waals surface area contributed by atoms with Gasteiger partial charge >= 0.3 is 0 Å². The number of rotatable bonds is 5. The Hall–Kier alpha value is -2.24. The molecular formula is C25H33NSi. The van der Waals surface area contributed by atoms with Crippen molar-refractivity contribution in [3.05, 3.63) is 71.8 Å². The first-order valence-electron chi connectivity index (χ1n) is 9.93. The monoisotopic (exact) mass is 375 g/mol. The van der Waals surface area contributed by atoms with E-state index < -0.39 is 8.07 Å². The number of allylic oxidation sites excluding steroid dienone is 1. The van der Waals surface area contributed by atoms with Crippen LogP contribution >= 0.6 is 0 Å². The molecule has 0 aliphatic heterocycles. The van der Waals surface area contributed by atoms with Gasteiger partial charge in [0.05, 0.1) is 0 Å². The minimum Gasteiger partial charge on any atom is -0.398 e. The molecule has 0 atom stereocenters. The van der Waals surface area contributed by atoms with Gasteiger partial charge in [0.1, 0.15) is 8.07 Å². The molecule has 0 aliphatic carbocycles. The first kappa shape index (κ1) is 21.1. The maximum atomic E-state index is 6.28. The Balaban J connectivity index is 2.61. The molecule has 0 unspecified atom stereocenters. The Labute approximate surface area is 166 Å². The molecule has 2 rings (SSSR count). The van der Waals surface area contributed by atoms with Crippen molar-refractivity contribution in [2.75, 3.05) is 5.73 Å². The predicted molar refractivity (Wildman–Crippen MR) is 123 cm³/mol. The van der Waals surface area contributed by atoms with Crippen molar-refractivity contribution in [2.45, 2.75) is 58.2 Å². The van der Waals surface area contributed by atoms with E-state index in [4.69, 9.17) is 5.73 Å². The molecule has 0 fully saturated rings. The van der Waals surface area contributed by atoms with Gasteiger partial charge in [-0.15, -0.1) is 5.54 Å². The standard InChI is InChI=1S/C25H33NSi/c1-19(2)27(20(3)4,21(5)6)18-12-16-23(22-13-8-7-9-14-22)24-15-10-11-17-25(24)26/h7-11,13-17,19-21H,26H2,1-6H3/b23-16-. The zero-order valence-corrected chi connectivity index (χ0v) is 18.6. The van der Waals surface area contributed by atoms with Gasteiger partial charge in [0.2, 0.25) is 0 Å². The first-order valence-corrected chi connectivity index (χ1v) is 12.2. The molecule has 0 spiro atoms. The van der Waals surface area contributed by atoms with Gasteiger partial charge in [-0.25, -0.2) is 0 Å². The Bertz CT molecular complexity index is 814. The summed E-state index contributed by atoms with van der Waals surface area (Å²) in [5.74, 6) is 3.49. The number of anilines is 1. The van der Waals surface area contributed by atoms with Gasteiger partial charge in [-0.1, -0.05) is 96.0 Å². The molecular weight excluding hydrogens is 342 g/mol. The SMILES string of the molecule is CC(C)[Si](C#C/C=C(/c1ccccc1)c1ccccc1N)(C(C)C)C(C)C. The normalized spacial score (nSPS) is 12.4. The number of para-hydroxylation sites is 1. The van der Waals surface area contributed by atoms with E-state index in [-0.39, 0.29) is 0 Å². The summed E-state index contributed by atoms with van der Waals surface area (Å²) in [6.45, 7) is 14.1. The lowest BCUT2D eigenvalue weighted by molar-refractivity contribution is 0.838. The molecule has 1 nitrogen and oxygen atoms in total. The van der Waals surface area contributed by atoms with Gasteiger partial charge in [-0.05, 0) is 39.9 Å². The number of hydrogen-bond acceptors (Lipinski definition) is 1. The van der Waals surface area contributed by atoms with Crippen LogP contribution in [-0.4, -0.2) is 8.07 Å². The lowest BCUT2D eigenvalue weighted by Gasteiger charge is -2.38. The quantitative estimate of drug-likeness (QED) is 0.342. The van der Waals surface area contributed by atoms with Crippen molar-refractivity contribution >= 4 is 19.3 Å². The summed E-state index contributed by atoms with van der Waals surface area (Å²) in [5, 5.41) is 0. The fourth-order valence-corrected chi connectivity index (χ4v) is 9.53. The van der Waals surface area contributed by atoms with E-state index in [9.17, 15) is 0 Å². The summed E-state index contributed by atoms with van der Waals surface area (Å²) in [4.78, 5) is 0. The third kappa shape index (κ3) is 4.54. The fraction of sp³-hybridized carbons (Fsp3) is 0.360. The van der Waals surface area contributed by atoms with Crippen molar-refractivity contribution in [3.63, 3.8) is 0 Å². The average molecular weight is 376 g/mol. The highest BCUT2D eigenvalue weighted by molar-refractivity contribution is 6.90. The summed E-state index contributed by atoms with van der Waals surface area (Å²) < 4.78 is 0. The third-order valence-electron chi connectivity index (χ3n) is 5.71. The molecule has 0 aromatic heterocycles. The maximum Gasteiger partial charge on any atom is 0.146 e. The molecule has 2 aromatic carbocycles. The highest BCUT2D eigenvalue weighted by Gasteiger charge is 2.41. The second kappa shape index (κ2) is 9.11. The van der Waals surface area contributed by atoms with Crippen LogP contribution in [0.5, 0.6) is 0 Å². The molecule has 0 radical (unpaired) electrons. The Morgan fingerprint density at radius 1 is 0.815 bits per heavy atom. The van der Waals surface area contributed by atoms with Gasteiger partial charge in [-0.2, -0.15) is 0 Å². The van der Waals surface area contributed by atoms with Crippen LogP contribution in [0.2, 0.25) is 16.6 Å². The van der Waals surface area contributed by atoms with E-state index in [1.54, 1.807) is 0 Å². The summed E-state index contributed by atoms with van der Waals surface area (Å²) in [7, 11) is -1.75. The van der Waals surface area contributed by atoms with Crippen molar-refractivity contribution in [1.82, 2.24) is 0 Å². The molecule has 0 heterocycles. The number of nitrogen functional groups attached to an aromatic ring is 1. The van der Waals surface area contributed by atoms with Gasteiger partial charge in [-0.3, -0.25) is 0 Å². The summed E-state index contributed by atoms with van der Waals surface area (Å²) in [6, 6.07) is 18.4. The van der Waals surface area contributed by atoms with Crippen molar-refractivity contribution in [3.8, 4) is 11.5 Å². The van der Waals surface area contributed by atoms with E-state index in [1.807, 2.05) is 24.3 Å². The molecule has 0 bridgehead atoms. The summed E-state index contributed by atoms with van der Waals surface area (Å²) in [5.41, 5.74) is 16.0. The largest absolute Gasteiger partial charge is 0.398 e. The van der Waals surface area contributed by atoms with Crippen LogP contribution in [0, 0.1) is 11.5 Å². The van der Waals surface area contributed by atoms with Crippen molar-refractivity contribution in [2.24, 2.45) is 0 Å². The average Bonchev–Trinajstić information content (AvgIpc) is 2.62. The highest BCUT2D eigenvalue weighted by atomic mass is 28.3. The van der Waals surface area contributed by atoms with Crippen LogP contribution in [0.1, 0.15) is 52.7 Å². The molecule has 2 heteroatoms. The number of nitrogens with two attached hydrogens (primary N) is 1. The van der Waals surface area contributed by atoms with Gasteiger partial charge in [0.25, 0.3) is 0 Å². The first-order chi connectivity index (χ1) is 12.8. The lowest BCUT2D eigenvalue weighted by Crippen LogP contribution is -2.43. The Kier molecular flexibility index (Phi) is 7.10. The van der Waals surface area contributed by atoms with E-state index in [0.29, 0.717) is 16.6 Å². The van der Waals surface area contributed by atoms with Crippen LogP contribution in [-0.2, 0) is 0 Å². The van der Waals surface area contributed by atoms with Crippen LogP contribution in [0.3, 0.4) is 0 Å². The Morgan fingerprint density at radius 3 is 1.85 bits per heavy atom. The predicted octanol–water partition coefficient (Wildman–Crippen LogP) is 6.92. The second-order valence-electron chi connectivity index (χ2n) is 8.18. The van der Waals surface area contributed by atoms with Crippen molar-refractivity contribution in [1.29, 1.82) is 0 Å². The molecule has 2 N–H and O–H groups in total. The van der Waals surface area contributed by atoms with E-state index in [0.717, 1.165) is 22.4 Å². The molecule has 0 saturated heterocycles. The summed E-state index contributed by atoms with van der Waals surface area (Å²) >= 11 is 0. The molecule has 0 amide bonds. The maximum absolute atomic E-state index is 6.28. The van der Waals surface area contributed by atoms with Gasteiger partial charge < -0.3 is 5.73 Å². The smallest absolute Gasteiger partial charge is 0.146 e. The molecule has 0 saturated carbocycles. The van der Waals surface area contributed by atoms with Crippen molar-refractivity contribution < 1.29 is 0 Å². The van der Waals surface area contributed by atoms with Crippen LogP contribution in [0.4, 0.5) is 5.69 Å².